The van der Waals surface area contributed by atoms with Crippen LogP contribution in [0.3, 0.4) is 0 Å². The maximum Gasteiger partial charge on any atom is 0.250 e. The van der Waals surface area contributed by atoms with Crippen LogP contribution < -0.4 is 0 Å². The molecule has 0 aliphatic heterocycles. The van der Waals surface area contributed by atoms with Crippen molar-refractivity contribution in [3.8, 4) is 11.5 Å². The maximum absolute atomic E-state index is 5.44. The van der Waals surface area contributed by atoms with Gasteiger partial charge < -0.3 is 4.42 Å². The van der Waals surface area contributed by atoms with Crippen molar-refractivity contribution in [3.05, 3.63) is 94.9 Å². The molecule has 2 heterocycles. The van der Waals surface area contributed by atoms with Gasteiger partial charge in [0.1, 0.15) is 5.82 Å². The molecule has 4 aromatic rings. The highest BCUT2D eigenvalue weighted by Gasteiger charge is 2.23. The molecule has 0 radical (unpaired) electrons. The normalized spacial score (nSPS) is 14.3. The summed E-state index contributed by atoms with van der Waals surface area (Å²) in [6, 6.07) is 18.1. The van der Waals surface area contributed by atoms with E-state index in [0.717, 1.165) is 17.3 Å². The molecule has 1 aliphatic carbocycles. The highest BCUT2D eigenvalue weighted by molar-refractivity contribution is 5.48. The summed E-state index contributed by atoms with van der Waals surface area (Å²) in [6.45, 7) is 6.36. The van der Waals surface area contributed by atoms with E-state index in [-0.39, 0.29) is 5.41 Å². The summed E-state index contributed by atoms with van der Waals surface area (Å²) >= 11 is 0. The molecule has 2 aromatic heterocycles. The molecular formula is C28H30N4O. The van der Waals surface area contributed by atoms with Crippen LogP contribution in [0.1, 0.15) is 67.1 Å². The lowest BCUT2D eigenvalue weighted by Gasteiger charge is -2.28. The summed E-state index contributed by atoms with van der Waals surface area (Å²) in [5.41, 5.74) is 5.99. The highest BCUT2D eigenvalue weighted by Crippen LogP contribution is 2.33. The number of aryl methyl sites for hydroxylation is 1. The van der Waals surface area contributed by atoms with Crippen LogP contribution in [0.2, 0.25) is 0 Å². The van der Waals surface area contributed by atoms with Crippen molar-refractivity contribution < 1.29 is 4.42 Å². The first kappa shape index (κ1) is 21.5. The number of aromatic nitrogens is 4. The lowest BCUT2D eigenvalue weighted by atomic mass is 9.76. The Hall–Kier alpha value is -3.34. The van der Waals surface area contributed by atoms with E-state index in [1.54, 1.807) is 19.3 Å². The molecule has 168 valence electrons. The zero-order valence-electron chi connectivity index (χ0n) is 19.6. The molecule has 1 saturated carbocycles. The first-order valence-corrected chi connectivity index (χ1v) is 11.8. The predicted molar refractivity (Wildman–Crippen MR) is 129 cm³/mol. The zero-order valence-corrected chi connectivity index (χ0v) is 19.6. The van der Waals surface area contributed by atoms with Crippen LogP contribution in [0.15, 0.2) is 65.3 Å². The van der Waals surface area contributed by atoms with Gasteiger partial charge in [-0.05, 0) is 34.6 Å². The molecular weight excluding hydrogens is 408 g/mol. The number of rotatable bonds is 7. The molecule has 1 fully saturated rings. The highest BCUT2D eigenvalue weighted by atomic mass is 16.4. The third-order valence-electron chi connectivity index (χ3n) is 6.94. The summed E-state index contributed by atoms with van der Waals surface area (Å²) in [6.07, 6.45) is 9.58. The fourth-order valence-corrected chi connectivity index (χ4v) is 4.45. The van der Waals surface area contributed by atoms with E-state index >= 15 is 0 Å². The third-order valence-corrected chi connectivity index (χ3v) is 6.94. The molecule has 0 bridgehead atoms. The van der Waals surface area contributed by atoms with Crippen molar-refractivity contribution in [1.29, 1.82) is 0 Å². The first-order chi connectivity index (χ1) is 16.0. The Bertz CT molecular complexity index is 1200. The topological polar surface area (TPSA) is 64.7 Å². The summed E-state index contributed by atoms with van der Waals surface area (Å²) in [4.78, 5) is 8.96. The predicted octanol–water partition coefficient (Wildman–Crippen LogP) is 6.09. The molecule has 0 saturated heterocycles. The second-order valence-corrected chi connectivity index (χ2v) is 9.71. The number of nitrogens with zero attached hydrogens (tertiary/aromatic N) is 4. The molecule has 2 aromatic carbocycles. The monoisotopic (exact) mass is 438 g/mol. The fraction of sp³-hybridized carbons (Fsp3) is 0.357. The summed E-state index contributed by atoms with van der Waals surface area (Å²) in [5, 5.41) is 7.87. The number of hydrogen-bond donors (Lipinski definition) is 0. The molecule has 0 atom stereocenters. The van der Waals surface area contributed by atoms with E-state index in [9.17, 15) is 0 Å². The molecule has 5 heteroatoms. The van der Waals surface area contributed by atoms with Crippen LogP contribution >= 0.6 is 0 Å². The molecule has 33 heavy (non-hydrogen) atoms. The van der Waals surface area contributed by atoms with Crippen molar-refractivity contribution in [2.24, 2.45) is 5.92 Å². The molecule has 0 N–H and O–H groups in total. The molecule has 5 rings (SSSR count). The van der Waals surface area contributed by atoms with E-state index in [1.165, 1.54) is 47.9 Å². The van der Waals surface area contributed by atoms with Crippen LogP contribution in [0.4, 0.5) is 0 Å². The van der Waals surface area contributed by atoms with Gasteiger partial charge in [-0.1, -0.05) is 81.6 Å². The Kier molecular flexibility index (Phi) is 5.79. The van der Waals surface area contributed by atoms with E-state index in [2.05, 4.69) is 82.5 Å². The van der Waals surface area contributed by atoms with E-state index < -0.39 is 0 Å². The Morgan fingerprint density at radius 1 is 0.848 bits per heavy atom. The van der Waals surface area contributed by atoms with Gasteiger partial charge in [-0.15, -0.1) is 10.2 Å². The van der Waals surface area contributed by atoms with Crippen molar-refractivity contribution in [2.75, 3.05) is 0 Å². The average Bonchev–Trinajstić information content (AvgIpc) is 3.24. The minimum atomic E-state index is -0.0477. The van der Waals surface area contributed by atoms with E-state index in [0.29, 0.717) is 18.2 Å². The van der Waals surface area contributed by atoms with Gasteiger partial charge in [-0.3, -0.25) is 0 Å². The van der Waals surface area contributed by atoms with Gasteiger partial charge in [0.05, 0.1) is 5.56 Å². The number of hydrogen-bond acceptors (Lipinski definition) is 5. The van der Waals surface area contributed by atoms with Crippen molar-refractivity contribution >= 4 is 0 Å². The van der Waals surface area contributed by atoms with Gasteiger partial charge in [0.15, 0.2) is 0 Å². The summed E-state index contributed by atoms with van der Waals surface area (Å²) < 4.78 is 5.44. The largest absolute Gasteiger partial charge is 0.421 e. The molecule has 0 unspecified atom stereocenters. The fourth-order valence-electron chi connectivity index (χ4n) is 4.45. The van der Waals surface area contributed by atoms with Gasteiger partial charge in [-0.25, -0.2) is 9.97 Å². The SMILES string of the molecule is Cc1nnc(-c2cnc(Cc3ccc(C(C)(C)c4ccc(CC5CCC5)cc4)cc3)nc2)o1. The average molecular weight is 439 g/mol. The van der Waals surface area contributed by atoms with E-state index in [1.807, 2.05) is 0 Å². The van der Waals surface area contributed by atoms with Gasteiger partial charge in [0, 0.05) is 31.2 Å². The lowest BCUT2D eigenvalue weighted by Crippen LogP contribution is -2.19. The second kappa shape index (κ2) is 8.89. The van der Waals surface area contributed by atoms with Gasteiger partial charge >= 0.3 is 0 Å². The van der Waals surface area contributed by atoms with Crippen LogP contribution in [0.5, 0.6) is 0 Å². The van der Waals surface area contributed by atoms with E-state index in [4.69, 9.17) is 4.42 Å². The Morgan fingerprint density at radius 3 is 1.97 bits per heavy atom. The second-order valence-electron chi connectivity index (χ2n) is 9.71. The Labute approximate surface area is 195 Å². The first-order valence-electron chi connectivity index (χ1n) is 11.8. The standard InChI is InChI=1S/C28H30N4O/c1-19-31-32-27(33-19)23-17-29-26(30-18-23)16-22-9-13-25(14-10-22)28(2,3)24-11-7-21(8-12-24)15-20-5-4-6-20/h7-14,17-18,20H,4-6,15-16H2,1-3H3. The Morgan fingerprint density at radius 2 is 1.45 bits per heavy atom. The van der Waals surface area contributed by atoms with Crippen LogP contribution in [-0.2, 0) is 18.3 Å². The smallest absolute Gasteiger partial charge is 0.250 e. The van der Waals surface area contributed by atoms with Crippen molar-refractivity contribution in [2.45, 2.75) is 58.3 Å². The van der Waals surface area contributed by atoms with Gasteiger partial charge in [-0.2, -0.15) is 0 Å². The molecule has 1 aliphatic rings. The molecule has 0 amide bonds. The zero-order chi connectivity index (χ0) is 22.8. The lowest BCUT2D eigenvalue weighted by molar-refractivity contribution is 0.314. The maximum atomic E-state index is 5.44. The summed E-state index contributed by atoms with van der Waals surface area (Å²) in [5.74, 6) is 2.65. The van der Waals surface area contributed by atoms with Crippen LogP contribution in [0, 0.1) is 12.8 Å². The van der Waals surface area contributed by atoms with Crippen LogP contribution in [-0.4, -0.2) is 20.2 Å². The van der Waals surface area contributed by atoms with Crippen LogP contribution in [0.25, 0.3) is 11.5 Å². The van der Waals surface area contributed by atoms with Gasteiger partial charge in [0.2, 0.25) is 5.89 Å². The minimum absolute atomic E-state index is 0.0477. The molecule has 0 spiro atoms. The van der Waals surface area contributed by atoms with Crippen molar-refractivity contribution in [1.82, 2.24) is 20.2 Å². The molecule has 5 nitrogen and oxygen atoms in total. The summed E-state index contributed by atoms with van der Waals surface area (Å²) in [7, 11) is 0. The Balaban J connectivity index is 1.25. The number of benzene rings is 2. The third kappa shape index (κ3) is 4.72. The van der Waals surface area contributed by atoms with Crippen molar-refractivity contribution in [3.63, 3.8) is 0 Å². The minimum Gasteiger partial charge on any atom is -0.421 e. The quantitative estimate of drug-likeness (QED) is 0.349. The van der Waals surface area contributed by atoms with Gasteiger partial charge in [0.25, 0.3) is 5.89 Å².